The first-order chi connectivity index (χ1) is 9.05. The molecule has 1 rings (SSSR count). The van der Waals surface area contributed by atoms with Gasteiger partial charge in [0.05, 0.1) is 18.1 Å². The summed E-state index contributed by atoms with van der Waals surface area (Å²) in [6, 6.07) is 0.105. The largest absolute Gasteiger partial charge is 0.383 e. The number of amides is 1. The summed E-state index contributed by atoms with van der Waals surface area (Å²) in [6.07, 6.45) is 4.09. The molecule has 2 N–H and O–H groups in total. The molecule has 1 aliphatic rings. The number of carbonyl (C=O) groups is 1. The van der Waals surface area contributed by atoms with E-state index in [1.807, 2.05) is 0 Å². The quantitative estimate of drug-likeness (QED) is 0.743. The average Bonchev–Trinajstić information content (AvgIpc) is 2.39. The van der Waals surface area contributed by atoms with Crippen LogP contribution in [0.2, 0.25) is 0 Å². The SMILES string of the molecule is CCCC1(C(=O)NC(COC)C(C)C)CCCNC1. The molecule has 0 spiro atoms. The van der Waals surface area contributed by atoms with Crippen LogP contribution in [0, 0.1) is 11.3 Å². The minimum absolute atomic E-state index is 0.105. The Morgan fingerprint density at radius 2 is 2.21 bits per heavy atom. The lowest BCUT2D eigenvalue weighted by atomic mass is 9.76. The predicted octanol–water partition coefficient (Wildman–Crippen LogP) is 1.94. The number of hydrogen-bond acceptors (Lipinski definition) is 3. The predicted molar refractivity (Wildman–Crippen MR) is 78.1 cm³/mol. The van der Waals surface area contributed by atoms with E-state index in [-0.39, 0.29) is 17.4 Å². The van der Waals surface area contributed by atoms with Gasteiger partial charge in [-0.25, -0.2) is 0 Å². The Morgan fingerprint density at radius 1 is 1.47 bits per heavy atom. The van der Waals surface area contributed by atoms with Crippen molar-refractivity contribution in [2.24, 2.45) is 11.3 Å². The first-order valence-electron chi connectivity index (χ1n) is 7.56. The van der Waals surface area contributed by atoms with E-state index < -0.39 is 0 Å². The summed E-state index contributed by atoms with van der Waals surface area (Å²) in [7, 11) is 1.69. The van der Waals surface area contributed by atoms with Crippen LogP contribution in [0.1, 0.15) is 46.5 Å². The fourth-order valence-corrected chi connectivity index (χ4v) is 2.87. The van der Waals surface area contributed by atoms with Crippen molar-refractivity contribution < 1.29 is 9.53 Å². The van der Waals surface area contributed by atoms with Crippen molar-refractivity contribution in [1.82, 2.24) is 10.6 Å². The van der Waals surface area contributed by atoms with Crippen molar-refractivity contribution in [1.29, 1.82) is 0 Å². The molecule has 2 atom stereocenters. The highest BCUT2D eigenvalue weighted by Crippen LogP contribution is 2.32. The minimum atomic E-state index is -0.214. The topological polar surface area (TPSA) is 50.4 Å². The standard InChI is InChI=1S/C15H30N2O2/c1-5-7-15(8-6-9-16-11-15)14(18)17-13(10-19-4)12(2)3/h12-13,16H,5-11H2,1-4H3,(H,17,18). The number of ether oxygens (including phenoxy) is 1. The molecule has 19 heavy (non-hydrogen) atoms. The van der Waals surface area contributed by atoms with Crippen molar-refractivity contribution in [2.75, 3.05) is 26.8 Å². The molecule has 0 saturated carbocycles. The third-order valence-electron chi connectivity index (χ3n) is 4.15. The van der Waals surface area contributed by atoms with Crippen molar-refractivity contribution in [3.05, 3.63) is 0 Å². The third-order valence-corrected chi connectivity index (χ3v) is 4.15. The van der Waals surface area contributed by atoms with Gasteiger partial charge < -0.3 is 15.4 Å². The maximum absolute atomic E-state index is 12.7. The summed E-state index contributed by atoms with van der Waals surface area (Å²) < 4.78 is 5.22. The Hall–Kier alpha value is -0.610. The maximum Gasteiger partial charge on any atom is 0.227 e. The molecule has 0 radical (unpaired) electrons. The number of hydrogen-bond donors (Lipinski definition) is 2. The Labute approximate surface area is 117 Å². The van der Waals surface area contributed by atoms with Crippen LogP contribution < -0.4 is 10.6 Å². The molecular weight excluding hydrogens is 240 g/mol. The molecule has 1 heterocycles. The van der Waals surface area contributed by atoms with Crippen LogP contribution in [0.5, 0.6) is 0 Å². The lowest BCUT2D eigenvalue weighted by Crippen LogP contribution is -2.54. The van der Waals surface area contributed by atoms with Gasteiger partial charge >= 0.3 is 0 Å². The second kappa shape index (κ2) is 7.85. The van der Waals surface area contributed by atoms with E-state index in [0.717, 1.165) is 38.8 Å². The number of nitrogens with one attached hydrogen (secondary N) is 2. The average molecular weight is 270 g/mol. The molecule has 0 aromatic rings. The van der Waals surface area contributed by atoms with E-state index in [1.165, 1.54) is 0 Å². The Bertz CT molecular complexity index is 268. The van der Waals surface area contributed by atoms with Crippen LogP contribution in [-0.4, -0.2) is 38.8 Å². The normalized spacial score (nSPS) is 25.3. The molecule has 0 bridgehead atoms. The first-order valence-corrected chi connectivity index (χ1v) is 7.56. The summed E-state index contributed by atoms with van der Waals surface area (Å²) in [5.74, 6) is 0.594. The van der Waals surface area contributed by atoms with Gasteiger partial charge in [-0.3, -0.25) is 4.79 Å². The third kappa shape index (κ3) is 4.46. The van der Waals surface area contributed by atoms with Crippen LogP contribution in [0.25, 0.3) is 0 Å². The van der Waals surface area contributed by atoms with Crippen LogP contribution in [0.15, 0.2) is 0 Å². The van der Waals surface area contributed by atoms with E-state index in [9.17, 15) is 4.79 Å². The summed E-state index contributed by atoms with van der Waals surface area (Å²) in [6.45, 7) is 8.82. The Balaban J connectivity index is 2.70. The zero-order valence-electron chi connectivity index (χ0n) is 12.9. The maximum atomic E-state index is 12.7. The number of carbonyl (C=O) groups excluding carboxylic acids is 1. The summed E-state index contributed by atoms with van der Waals surface area (Å²) in [5.41, 5.74) is -0.214. The number of methoxy groups -OCH3 is 1. The zero-order chi connectivity index (χ0) is 14.3. The van der Waals surface area contributed by atoms with Crippen molar-refractivity contribution in [2.45, 2.75) is 52.5 Å². The molecule has 0 aromatic heterocycles. The van der Waals surface area contributed by atoms with Gasteiger partial charge in [0.15, 0.2) is 0 Å². The number of rotatable bonds is 7. The highest BCUT2D eigenvalue weighted by atomic mass is 16.5. The van der Waals surface area contributed by atoms with Gasteiger partial charge in [0, 0.05) is 13.7 Å². The number of piperidine rings is 1. The first kappa shape index (κ1) is 16.4. The highest BCUT2D eigenvalue weighted by Gasteiger charge is 2.39. The molecule has 0 aromatic carbocycles. The molecule has 1 amide bonds. The van der Waals surface area contributed by atoms with E-state index in [2.05, 4.69) is 31.4 Å². The lowest BCUT2D eigenvalue weighted by Gasteiger charge is -2.38. The minimum Gasteiger partial charge on any atom is -0.383 e. The molecule has 4 nitrogen and oxygen atoms in total. The second-order valence-corrected chi connectivity index (χ2v) is 6.09. The molecule has 1 fully saturated rings. The van der Waals surface area contributed by atoms with Crippen LogP contribution in [0.3, 0.4) is 0 Å². The van der Waals surface area contributed by atoms with Crippen LogP contribution >= 0.6 is 0 Å². The van der Waals surface area contributed by atoms with E-state index in [1.54, 1.807) is 7.11 Å². The molecule has 1 aliphatic heterocycles. The van der Waals surface area contributed by atoms with Crippen LogP contribution in [0.4, 0.5) is 0 Å². The summed E-state index contributed by atoms with van der Waals surface area (Å²) in [4.78, 5) is 12.7. The van der Waals surface area contributed by atoms with Gasteiger partial charge in [-0.1, -0.05) is 27.2 Å². The van der Waals surface area contributed by atoms with E-state index in [0.29, 0.717) is 12.5 Å². The summed E-state index contributed by atoms with van der Waals surface area (Å²) >= 11 is 0. The van der Waals surface area contributed by atoms with Crippen molar-refractivity contribution in [3.63, 3.8) is 0 Å². The molecule has 112 valence electrons. The highest BCUT2D eigenvalue weighted by molar-refractivity contribution is 5.83. The van der Waals surface area contributed by atoms with Gasteiger partial charge in [0.25, 0.3) is 0 Å². The Kier molecular flexibility index (Phi) is 6.80. The fraction of sp³-hybridized carbons (Fsp3) is 0.933. The fourth-order valence-electron chi connectivity index (χ4n) is 2.87. The van der Waals surface area contributed by atoms with Crippen LogP contribution in [-0.2, 0) is 9.53 Å². The van der Waals surface area contributed by atoms with Gasteiger partial charge in [0.1, 0.15) is 0 Å². The smallest absolute Gasteiger partial charge is 0.227 e. The van der Waals surface area contributed by atoms with Gasteiger partial charge in [0.2, 0.25) is 5.91 Å². The lowest BCUT2D eigenvalue weighted by molar-refractivity contribution is -0.134. The Morgan fingerprint density at radius 3 is 2.68 bits per heavy atom. The zero-order valence-corrected chi connectivity index (χ0v) is 12.9. The van der Waals surface area contributed by atoms with E-state index >= 15 is 0 Å². The second-order valence-electron chi connectivity index (χ2n) is 6.09. The molecular formula is C15H30N2O2. The van der Waals surface area contributed by atoms with Crippen molar-refractivity contribution >= 4 is 5.91 Å². The van der Waals surface area contributed by atoms with E-state index in [4.69, 9.17) is 4.74 Å². The van der Waals surface area contributed by atoms with Gasteiger partial charge in [-0.05, 0) is 31.7 Å². The summed E-state index contributed by atoms with van der Waals surface area (Å²) in [5, 5.41) is 6.59. The molecule has 1 saturated heterocycles. The molecule has 2 unspecified atom stereocenters. The molecule has 4 heteroatoms. The van der Waals surface area contributed by atoms with Gasteiger partial charge in [-0.2, -0.15) is 0 Å². The van der Waals surface area contributed by atoms with Crippen molar-refractivity contribution in [3.8, 4) is 0 Å². The monoisotopic (exact) mass is 270 g/mol. The van der Waals surface area contributed by atoms with Gasteiger partial charge in [-0.15, -0.1) is 0 Å². The molecule has 0 aliphatic carbocycles.